The molecule has 0 aliphatic carbocycles. The lowest BCUT2D eigenvalue weighted by Crippen LogP contribution is -2.06. The minimum atomic E-state index is -0.441. The number of benzene rings is 1. The van der Waals surface area contributed by atoms with E-state index in [1.807, 2.05) is 19.9 Å². The summed E-state index contributed by atoms with van der Waals surface area (Å²) < 4.78 is 8.90. The maximum Gasteiger partial charge on any atom is 0.273 e. The quantitative estimate of drug-likeness (QED) is 0.300. The summed E-state index contributed by atoms with van der Waals surface area (Å²) in [6.45, 7) is 3.82. The van der Waals surface area contributed by atoms with Gasteiger partial charge in [0.1, 0.15) is 17.8 Å². The molecule has 0 radical (unpaired) electrons. The molecule has 10 heteroatoms. The monoisotopic (exact) mass is 377 g/mol. The van der Waals surface area contributed by atoms with Crippen molar-refractivity contribution in [3.63, 3.8) is 0 Å². The molecule has 0 bridgehead atoms. The second-order valence-electron chi connectivity index (χ2n) is 6.06. The Morgan fingerprint density at radius 1 is 1.18 bits per heavy atom. The number of nitro groups is 1. The highest BCUT2D eigenvalue weighted by molar-refractivity contribution is 5.77. The average molecular weight is 377 g/mol. The van der Waals surface area contributed by atoms with Crippen molar-refractivity contribution in [3.05, 3.63) is 76.1 Å². The zero-order chi connectivity index (χ0) is 19.7. The van der Waals surface area contributed by atoms with E-state index >= 15 is 0 Å². The molecule has 10 nitrogen and oxygen atoms in total. The number of nitro benzene ring substituents is 1. The number of non-ortho nitro benzene ring substituents is 1. The Balaban J connectivity index is 1.56. The van der Waals surface area contributed by atoms with Crippen molar-refractivity contribution in [1.29, 1.82) is 0 Å². The number of rotatable bonds is 5. The lowest BCUT2D eigenvalue weighted by Gasteiger charge is -2.01. The van der Waals surface area contributed by atoms with Crippen LogP contribution in [0.1, 0.15) is 17.1 Å². The molecule has 3 heterocycles. The van der Waals surface area contributed by atoms with Gasteiger partial charge < -0.3 is 4.42 Å². The van der Waals surface area contributed by atoms with E-state index < -0.39 is 4.92 Å². The lowest BCUT2D eigenvalue weighted by molar-refractivity contribution is -0.384. The summed E-state index contributed by atoms with van der Waals surface area (Å²) in [4.78, 5) is 10.3. The molecular weight excluding hydrogens is 362 g/mol. The molecule has 0 aliphatic rings. The van der Waals surface area contributed by atoms with E-state index in [0.29, 0.717) is 17.5 Å². The third-order valence-electron chi connectivity index (χ3n) is 4.01. The Bertz CT molecular complexity index is 1170. The van der Waals surface area contributed by atoms with Gasteiger partial charge in [-0.05, 0) is 44.2 Å². The maximum atomic E-state index is 10.7. The second-order valence-corrected chi connectivity index (χ2v) is 6.06. The Hall–Kier alpha value is -4.08. The van der Waals surface area contributed by atoms with Crippen LogP contribution in [0.15, 0.2) is 58.3 Å². The van der Waals surface area contributed by atoms with Gasteiger partial charge in [-0.3, -0.25) is 10.1 Å². The molecule has 28 heavy (non-hydrogen) atoms. The minimum Gasteiger partial charge on any atom is -0.455 e. The van der Waals surface area contributed by atoms with Crippen molar-refractivity contribution in [2.75, 3.05) is 0 Å². The van der Waals surface area contributed by atoms with Crippen LogP contribution < -0.4 is 0 Å². The molecule has 1 aromatic carbocycles. The topological polar surface area (TPSA) is 117 Å². The maximum absolute atomic E-state index is 10.7. The van der Waals surface area contributed by atoms with Gasteiger partial charge in [-0.15, -0.1) is 10.2 Å². The minimum absolute atomic E-state index is 0.0291. The van der Waals surface area contributed by atoms with Crippen LogP contribution in [0.5, 0.6) is 0 Å². The summed E-state index contributed by atoms with van der Waals surface area (Å²) >= 11 is 0. The number of furan rings is 1. The molecule has 4 rings (SSSR count). The van der Waals surface area contributed by atoms with Crippen molar-refractivity contribution in [2.24, 2.45) is 5.10 Å². The lowest BCUT2D eigenvalue weighted by atomic mass is 10.1. The third-order valence-corrected chi connectivity index (χ3v) is 4.01. The Morgan fingerprint density at radius 3 is 2.64 bits per heavy atom. The van der Waals surface area contributed by atoms with Crippen LogP contribution in [0.2, 0.25) is 0 Å². The van der Waals surface area contributed by atoms with E-state index in [2.05, 4.69) is 20.4 Å². The summed E-state index contributed by atoms with van der Waals surface area (Å²) in [5.41, 5.74) is 2.55. The van der Waals surface area contributed by atoms with Crippen LogP contribution in [0.3, 0.4) is 0 Å². The molecule has 0 amide bonds. The molecular formula is C18H15N7O3. The summed E-state index contributed by atoms with van der Waals surface area (Å²) in [5.74, 6) is 1.56. The standard InChI is InChI=1S/C18H15N7O3/c1-12-9-13(2)24(22-12)18-21-19-11-23(18)20-10-16-7-8-17(28-16)14-3-5-15(6-4-14)25(26)27/h3-11H,1-2H3/b20-10-. The first kappa shape index (κ1) is 17.3. The largest absolute Gasteiger partial charge is 0.455 e. The van der Waals surface area contributed by atoms with Crippen molar-refractivity contribution in [3.8, 4) is 17.3 Å². The first-order valence-electron chi connectivity index (χ1n) is 8.34. The van der Waals surface area contributed by atoms with Crippen LogP contribution in [0.4, 0.5) is 5.69 Å². The van der Waals surface area contributed by atoms with Crippen LogP contribution in [-0.4, -0.2) is 35.8 Å². The van der Waals surface area contributed by atoms with Gasteiger partial charge in [0.2, 0.25) is 0 Å². The summed E-state index contributed by atoms with van der Waals surface area (Å²) in [6, 6.07) is 11.6. The summed E-state index contributed by atoms with van der Waals surface area (Å²) in [5, 5.41) is 27.4. The smallest absolute Gasteiger partial charge is 0.273 e. The summed E-state index contributed by atoms with van der Waals surface area (Å²) in [7, 11) is 0. The molecule has 0 fully saturated rings. The molecule has 140 valence electrons. The van der Waals surface area contributed by atoms with Crippen molar-refractivity contribution < 1.29 is 9.34 Å². The third kappa shape index (κ3) is 3.30. The van der Waals surface area contributed by atoms with Gasteiger partial charge in [-0.25, -0.2) is 4.68 Å². The molecule has 3 aromatic heterocycles. The van der Waals surface area contributed by atoms with Gasteiger partial charge >= 0.3 is 0 Å². The van der Waals surface area contributed by atoms with E-state index in [1.165, 1.54) is 29.4 Å². The Labute approximate surface area is 158 Å². The van der Waals surface area contributed by atoms with Gasteiger partial charge in [-0.2, -0.15) is 14.9 Å². The molecule has 0 unspecified atom stereocenters. The highest BCUT2D eigenvalue weighted by Crippen LogP contribution is 2.24. The fraction of sp³-hybridized carbons (Fsp3) is 0.111. The molecule has 0 spiro atoms. The fourth-order valence-corrected chi connectivity index (χ4v) is 2.72. The second kappa shape index (κ2) is 6.91. The zero-order valence-corrected chi connectivity index (χ0v) is 15.1. The zero-order valence-electron chi connectivity index (χ0n) is 15.1. The first-order chi connectivity index (χ1) is 13.5. The van der Waals surface area contributed by atoms with Crippen LogP contribution >= 0.6 is 0 Å². The van der Waals surface area contributed by atoms with Gasteiger partial charge in [0.25, 0.3) is 11.6 Å². The van der Waals surface area contributed by atoms with E-state index in [-0.39, 0.29) is 5.69 Å². The van der Waals surface area contributed by atoms with Crippen LogP contribution in [-0.2, 0) is 0 Å². The van der Waals surface area contributed by atoms with E-state index in [9.17, 15) is 10.1 Å². The van der Waals surface area contributed by atoms with E-state index in [4.69, 9.17) is 4.42 Å². The Kier molecular flexibility index (Phi) is 4.28. The molecule has 0 atom stereocenters. The first-order valence-corrected chi connectivity index (χ1v) is 8.34. The van der Waals surface area contributed by atoms with Gasteiger partial charge in [-0.1, -0.05) is 0 Å². The highest BCUT2D eigenvalue weighted by Gasteiger charge is 2.11. The van der Waals surface area contributed by atoms with Crippen LogP contribution in [0, 0.1) is 24.0 Å². The van der Waals surface area contributed by atoms with E-state index in [0.717, 1.165) is 17.0 Å². The Morgan fingerprint density at radius 2 is 1.96 bits per heavy atom. The number of nitrogens with zero attached hydrogens (tertiary/aromatic N) is 7. The number of hydrogen-bond donors (Lipinski definition) is 0. The highest BCUT2D eigenvalue weighted by atomic mass is 16.6. The van der Waals surface area contributed by atoms with Crippen molar-refractivity contribution in [1.82, 2.24) is 24.7 Å². The molecule has 4 aromatic rings. The molecule has 0 saturated heterocycles. The molecule has 0 saturated carbocycles. The van der Waals surface area contributed by atoms with Gasteiger partial charge in [0, 0.05) is 23.4 Å². The molecule has 0 N–H and O–H groups in total. The normalized spacial score (nSPS) is 11.4. The van der Waals surface area contributed by atoms with Gasteiger partial charge in [0.15, 0.2) is 0 Å². The fourth-order valence-electron chi connectivity index (χ4n) is 2.72. The van der Waals surface area contributed by atoms with Crippen molar-refractivity contribution >= 4 is 11.9 Å². The number of aromatic nitrogens is 5. The van der Waals surface area contributed by atoms with Crippen LogP contribution in [0.25, 0.3) is 17.3 Å². The SMILES string of the molecule is Cc1cc(C)n(-c2nncn2/N=C\c2ccc(-c3ccc([N+](=O)[O-])cc3)o2)n1. The predicted molar refractivity (Wildman–Crippen MR) is 100 cm³/mol. The average Bonchev–Trinajstić information content (AvgIpc) is 3.39. The van der Waals surface area contributed by atoms with Crippen molar-refractivity contribution in [2.45, 2.75) is 13.8 Å². The predicted octanol–water partition coefficient (Wildman–Crippen LogP) is 3.13. The van der Waals surface area contributed by atoms with Gasteiger partial charge in [0.05, 0.1) is 16.8 Å². The number of aryl methyl sites for hydroxylation is 2. The molecule has 0 aliphatic heterocycles. The summed E-state index contributed by atoms with van der Waals surface area (Å²) in [6.07, 6.45) is 3.01. The number of hydrogen-bond acceptors (Lipinski definition) is 7. The van der Waals surface area contributed by atoms with E-state index in [1.54, 1.807) is 28.9 Å².